The van der Waals surface area contributed by atoms with Crippen molar-refractivity contribution in [3.63, 3.8) is 0 Å². The van der Waals surface area contributed by atoms with Crippen molar-refractivity contribution in [3.8, 4) is 16.9 Å². The third kappa shape index (κ3) is 8.99. The van der Waals surface area contributed by atoms with Gasteiger partial charge in [-0.3, -0.25) is 0 Å². The lowest BCUT2D eigenvalue weighted by atomic mass is 9.76. The molecule has 1 aliphatic heterocycles. The Bertz CT molecular complexity index is 997. The molecule has 1 aliphatic rings. The Morgan fingerprint density at radius 1 is 0.667 bits per heavy atom. The second-order valence-electron chi connectivity index (χ2n) is 12.2. The summed E-state index contributed by atoms with van der Waals surface area (Å²) in [5, 5.41) is 0. The molecule has 0 saturated heterocycles. The molecule has 2 aromatic carbocycles. The Morgan fingerprint density at radius 2 is 1.23 bits per heavy atom. The van der Waals surface area contributed by atoms with Gasteiger partial charge in [0.2, 0.25) is 0 Å². The molecule has 1 heterocycles. The highest BCUT2D eigenvalue weighted by Gasteiger charge is 2.40. The number of ether oxygens (including phenoxy) is 1. The Morgan fingerprint density at radius 3 is 1.85 bits per heavy atom. The van der Waals surface area contributed by atoms with E-state index in [4.69, 9.17) is 4.74 Å². The third-order valence-corrected chi connectivity index (χ3v) is 8.88. The van der Waals surface area contributed by atoms with Gasteiger partial charge in [-0.1, -0.05) is 140 Å². The van der Waals surface area contributed by atoms with Crippen LogP contribution in [0, 0.1) is 6.92 Å². The van der Waals surface area contributed by atoms with Gasteiger partial charge < -0.3 is 4.74 Å². The maximum absolute atomic E-state index is 7.29. The number of hydrogen-bond acceptors (Lipinski definition) is 1. The molecule has 39 heavy (non-hydrogen) atoms. The summed E-state index contributed by atoms with van der Waals surface area (Å²) in [6, 6.07) is 14.2. The molecule has 216 valence electrons. The van der Waals surface area contributed by atoms with E-state index in [2.05, 4.69) is 77.1 Å². The predicted molar refractivity (Wildman–Crippen MR) is 173 cm³/mol. The standard InChI is InChI=1S/C38H58O/c1-6-10-13-15-17-20-27-38(28-21-18-16-14-11-7-2)36-29-31(5)23-25-34(36)35-26-24-33(30-37(35)39-38)32(9-4)22-19-12-8-3/h9,23-26,29-30H,6-8,10-22,27-28H2,1-5H3. The average molecular weight is 531 g/mol. The summed E-state index contributed by atoms with van der Waals surface area (Å²) in [5.41, 5.74) is 8.07. The summed E-state index contributed by atoms with van der Waals surface area (Å²) in [6.07, 6.45) is 25.5. The molecule has 0 N–H and O–H groups in total. The van der Waals surface area contributed by atoms with Gasteiger partial charge in [-0.05, 0) is 75.1 Å². The molecule has 0 spiro atoms. The summed E-state index contributed by atoms with van der Waals surface area (Å²) in [7, 11) is 0. The Kier molecular flexibility index (Phi) is 13.7. The fourth-order valence-corrected chi connectivity index (χ4v) is 6.46. The van der Waals surface area contributed by atoms with Crippen LogP contribution in [0.3, 0.4) is 0 Å². The van der Waals surface area contributed by atoms with Crippen LogP contribution in [0.2, 0.25) is 0 Å². The van der Waals surface area contributed by atoms with Gasteiger partial charge in [-0.25, -0.2) is 0 Å². The van der Waals surface area contributed by atoms with Crippen molar-refractivity contribution in [1.29, 1.82) is 0 Å². The number of rotatable bonds is 19. The first-order valence-corrected chi connectivity index (χ1v) is 16.7. The second kappa shape index (κ2) is 16.9. The van der Waals surface area contributed by atoms with Crippen LogP contribution >= 0.6 is 0 Å². The lowest BCUT2D eigenvalue weighted by Crippen LogP contribution is -2.36. The van der Waals surface area contributed by atoms with Gasteiger partial charge in [0.05, 0.1) is 0 Å². The van der Waals surface area contributed by atoms with Crippen LogP contribution < -0.4 is 4.74 Å². The van der Waals surface area contributed by atoms with Gasteiger partial charge in [0, 0.05) is 11.1 Å². The van der Waals surface area contributed by atoms with E-state index < -0.39 is 0 Å². The Balaban J connectivity index is 1.92. The van der Waals surface area contributed by atoms with Crippen molar-refractivity contribution in [3.05, 3.63) is 59.2 Å². The molecule has 0 amide bonds. The van der Waals surface area contributed by atoms with Crippen molar-refractivity contribution in [2.45, 2.75) is 156 Å². The van der Waals surface area contributed by atoms with E-state index in [1.54, 1.807) is 0 Å². The first-order chi connectivity index (χ1) is 19.1. The smallest absolute Gasteiger partial charge is 0.135 e. The van der Waals surface area contributed by atoms with Gasteiger partial charge in [0.15, 0.2) is 0 Å². The van der Waals surface area contributed by atoms with Crippen molar-refractivity contribution >= 4 is 5.57 Å². The topological polar surface area (TPSA) is 9.23 Å². The van der Waals surface area contributed by atoms with Crippen LogP contribution in [-0.4, -0.2) is 0 Å². The van der Waals surface area contributed by atoms with E-state index in [9.17, 15) is 0 Å². The van der Waals surface area contributed by atoms with E-state index >= 15 is 0 Å². The molecule has 0 fully saturated rings. The van der Waals surface area contributed by atoms with Crippen LogP contribution in [-0.2, 0) is 5.60 Å². The number of allylic oxidation sites excluding steroid dienone is 2. The maximum Gasteiger partial charge on any atom is 0.135 e. The molecule has 0 saturated carbocycles. The zero-order chi connectivity index (χ0) is 27.9. The number of unbranched alkanes of at least 4 members (excludes halogenated alkanes) is 12. The number of aryl methyl sites for hydroxylation is 1. The lowest BCUT2D eigenvalue weighted by molar-refractivity contribution is 0.0385. The fourth-order valence-electron chi connectivity index (χ4n) is 6.46. The number of benzene rings is 2. The molecule has 2 aromatic rings. The van der Waals surface area contributed by atoms with E-state index in [-0.39, 0.29) is 5.60 Å². The van der Waals surface area contributed by atoms with Crippen LogP contribution in [0.4, 0.5) is 0 Å². The summed E-state index contributed by atoms with van der Waals surface area (Å²) in [4.78, 5) is 0. The van der Waals surface area contributed by atoms with Crippen LogP contribution in [0.1, 0.15) is 160 Å². The first-order valence-electron chi connectivity index (χ1n) is 16.7. The number of fused-ring (bicyclic) bond motifs is 3. The highest BCUT2D eigenvalue weighted by molar-refractivity contribution is 5.80. The predicted octanol–water partition coefficient (Wildman–Crippen LogP) is 12.7. The third-order valence-electron chi connectivity index (χ3n) is 8.88. The quantitative estimate of drug-likeness (QED) is 0.164. The monoisotopic (exact) mass is 530 g/mol. The van der Waals surface area contributed by atoms with E-state index in [1.807, 2.05) is 0 Å². The molecule has 0 unspecified atom stereocenters. The number of hydrogen-bond donors (Lipinski definition) is 0. The molecule has 0 aliphatic carbocycles. The SMILES string of the molecule is CC=C(CCCCC)c1ccc2c(c1)OC(CCCCCCCC)(CCCCCCCC)c1cc(C)ccc1-2. The molecule has 3 rings (SSSR count). The maximum atomic E-state index is 7.29. The van der Waals surface area contributed by atoms with Crippen LogP contribution in [0.25, 0.3) is 16.7 Å². The highest BCUT2D eigenvalue weighted by atomic mass is 16.5. The molecule has 0 aromatic heterocycles. The lowest BCUT2D eigenvalue weighted by Gasteiger charge is -2.41. The zero-order valence-corrected chi connectivity index (χ0v) is 26.2. The van der Waals surface area contributed by atoms with E-state index in [1.165, 1.54) is 130 Å². The summed E-state index contributed by atoms with van der Waals surface area (Å²) in [6.45, 7) is 11.3. The summed E-state index contributed by atoms with van der Waals surface area (Å²) in [5.74, 6) is 1.11. The Labute approximate surface area is 241 Å². The van der Waals surface area contributed by atoms with Crippen molar-refractivity contribution in [2.24, 2.45) is 0 Å². The van der Waals surface area contributed by atoms with E-state index in [0.29, 0.717) is 0 Å². The van der Waals surface area contributed by atoms with Gasteiger partial charge in [-0.15, -0.1) is 0 Å². The Hall–Kier alpha value is -2.02. The van der Waals surface area contributed by atoms with Gasteiger partial charge >= 0.3 is 0 Å². The van der Waals surface area contributed by atoms with Crippen LogP contribution in [0.15, 0.2) is 42.5 Å². The minimum absolute atomic E-state index is 0.208. The van der Waals surface area contributed by atoms with E-state index in [0.717, 1.165) is 25.0 Å². The molecule has 0 radical (unpaired) electrons. The first kappa shape index (κ1) is 31.5. The molecule has 1 nitrogen and oxygen atoms in total. The molecule has 0 atom stereocenters. The minimum Gasteiger partial charge on any atom is -0.482 e. The molecule has 0 bridgehead atoms. The summed E-state index contributed by atoms with van der Waals surface area (Å²) < 4.78 is 7.29. The van der Waals surface area contributed by atoms with Crippen molar-refractivity contribution in [1.82, 2.24) is 0 Å². The van der Waals surface area contributed by atoms with Gasteiger partial charge in [0.25, 0.3) is 0 Å². The zero-order valence-electron chi connectivity index (χ0n) is 26.2. The summed E-state index contributed by atoms with van der Waals surface area (Å²) >= 11 is 0. The van der Waals surface area contributed by atoms with Gasteiger partial charge in [-0.2, -0.15) is 0 Å². The largest absolute Gasteiger partial charge is 0.482 e. The molecule has 1 heteroatoms. The fraction of sp³-hybridized carbons (Fsp3) is 0.632. The van der Waals surface area contributed by atoms with Crippen LogP contribution in [0.5, 0.6) is 5.75 Å². The van der Waals surface area contributed by atoms with Crippen molar-refractivity contribution in [2.75, 3.05) is 0 Å². The highest BCUT2D eigenvalue weighted by Crippen LogP contribution is 2.50. The normalized spacial score (nSPS) is 14.1. The van der Waals surface area contributed by atoms with Crippen molar-refractivity contribution < 1.29 is 4.74 Å². The minimum atomic E-state index is -0.208. The second-order valence-corrected chi connectivity index (χ2v) is 12.2. The van der Waals surface area contributed by atoms with Gasteiger partial charge in [0.1, 0.15) is 11.4 Å². The molecular formula is C38H58O. The average Bonchev–Trinajstić information content (AvgIpc) is 2.95. The molecular weight excluding hydrogens is 472 g/mol.